The lowest BCUT2D eigenvalue weighted by atomic mass is 9.98. The number of rotatable bonds is 3. The van der Waals surface area contributed by atoms with Gasteiger partial charge in [-0.1, -0.05) is 41.1 Å². The van der Waals surface area contributed by atoms with Crippen molar-refractivity contribution in [1.82, 2.24) is 10.1 Å². The Morgan fingerprint density at radius 2 is 1.96 bits per heavy atom. The van der Waals surface area contributed by atoms with Gasteiger partial charge in [0.05, 0.1) is 12.1 Å². The van der Waals surface area contributed by atoms with Gasteiger partial charge < -0.3 is 9.42 Å². The number of hydrogen-bond acceptors (Lipinski definition) is 3. The molecule has 1 aromatic heterocycles. The first kappa shape index (κ1) is 15.5. The first-order chi connectivity index (χ1) is 11.0. The van der Waals surface area contributed by atoms with Crippen LogP contribution >= 0.6 is 0 Å². The molecule has 1 aliphatic rings. The number of aryl methyl sites for hydroxylation is 3. The lowest BCUT2D eigenvalue weighted by Crippen LogP contribution is -2.35. The molecule has 0 atom stereocenters. The second kappa shape index (κ2) is 6.41. The molecule has 0 unspecified atom stereocenters. The second-order valence-electron chi connectivity index (χ2n) is 6.16. The van der Waals surface area contributed by atoms with E-state index in [9.17, 15) is 4.79 Å². The minimum Gasteiger partial charge on any atom is -0.361 e. The lowest BCUT2D eigenvalue weighted by molar-refractivity contribution is -0.130. The van der Waals surface area contributed by atoms with Crippen LogP contribution in [0.4, 0.5) is 0 Å². The Morgan fingerprint density at radius 3 is 2.52 bits per heavy atom. The van der Waals surface area contributed by atoms with Crippen LogP contribution < -0.4 is 0 Å². The van der Waals surface area contributed by atoms with E-state index in [-0.39, 0.29) is 5.91 Å². The van der Waals surface area contributed by atoms with Gasteiger partial charge in [0.1, 0.15) is 5.76 Å². The minimum absolute atomic E-state index is 0.138. The Hall–Kier alpha value is -2.36. The van der Waals surface area contributed by atoms with Gasteiger partial charge in [-0.2, -0.15) is 0 Å². The maximum absolute atomic E-state index is 12.5. The molecule has 2 aromatic rings. The molecule has 0 N–H and O–H groups in total. The van der Waals surface area contributed by atoms with Crippen molar-refractivity contribution >= 4 is 11.5 Å². The molecule has 0 fully saturated rings. The summed E-state index contributed by atoms with van der Waals surface area (Å²) in [6.07, 6.45) is 3.44. The van der Waals surface area contributed by atoms with E-state index in [1.807, 2.05) is 18.7 Å². The molecule has 120 valence electrons. The first-order valence-electron chi connectivity index (χ1n) is 8.00. The molecule has 0 saturated heterocycles. The molecule has 1 aromatic carbocycles. The van der Waals surface area contributed by atoms with Gasteiger partial charge in [0, 0.05) is 18.7 Å². The van der Waals surface area contributed by atoms with E-state index >= 15 is 0 Å². The highest BCUT2D eigenvalue weighted by molar-refractivity contribution is 5.80. The monoisotopic (exact) mass is 310 g/mol. The van der Waals surface area contributed by atoms with Gasteiger partial charge in [0.2, 0.25) is 5.91 Å². The number of aromatic nitrogens is 1. The Bertz CT molecular complexity index is 722. The molecule has 0 aliphatic carbocycles. The predicted octanol–water partition coefficient (Wildman–Crippen LogP) is 3.46. The van der Waals surface area contributed by atoms with Crippen molar-refractivity contribution < 1.29 is 9.32 Å². The predicted molar refractivity (Wildman–Crippen MR) is 90.0 cm³/mol. The summed E-state index contributed by atoms with van der Waals surface area (Å²) in [6, 6.07) is 8.57. The molecule has 0 spiro atoms. The van der Waals surface area contributed by atoms with Crippen molar-refractivity contribution in [3.63, 3.8) is 0 Å². The molecule has 4 nitrogen and oxygen atoms in total. The fourth-order valence-corrected chi connectivity index (χ4v) is 2.94. The van der Waals surface area contributed by atoms with E-state index < -0.39 is 0 Å². The van der Waals surface area contributed by atoms with Crippen LogP contribution in [0, 0.1) is 20.8 Å². The maximum atomic E-state index is 12.5. The van der Waals surface area contributed by atoms with Crippen LogP contribution in [-0.4, -0.2) is 29.1 Å². The van der Waals surface area contributed by atoms with Crippen LogP contribution in [-0.2, 0) is 11.2 Å². The Labute approximate surface area is 136 Å². The summed E-state index contributed by atoms with van der Waals surface area (Å²) in [5.74, 6) is 0.877. The van der Waals surface area contributed by atoms with Crippen molar-refractivity contribution in [2.75, 3.05) is 13.1 Å². The van der Waals surface area contributed by atoms with Gasteiger partial charge in [-0.15, -0.1) is 0 Å². The number of carbonyl (C=O) groups is 1. The molecule has 1 amide bonds. The summed E-state index contributed by atoms with van der Waals surface area (Å²) in [6.45, 7) is 7.26. The van der Waals surface area contributed by atoms with E-state index in [2.05, 4.69) is 42.4 Å². The Kier molecular flexibility index (Phi) is 4.33. The molecule has 1 aliphatic heterocycles. The number of hydrogen-bond donors (Lipinski definition) is 0. The highest BCUT2D eigenvalue weighted by Gasteiger charge is 2.21. The van der Waals surface area contributed by atoms with Gasteiger partial charge >= 0.3 is 0 Å². The summed E-state index contributed by atoms with van der Waals surface area (Å²) in [5.41, 5.74) is 5.58. The Balaban J connectivity index is 1.66. The molecular weight excluding hydrogens is 288 g/mol. The van der Waals surface area contributed by atoms with Crippen molar-refractivity contribution in [3.8, 4) is 0 Å². The van der Waals surface area contributed by atoms with Crippen LogP contribution in [0.1, 0.15) is 34.6 Å². The van der Waals surface area contributed by atoms with Crippen molar-refractivity contribution in [3.05, 3.63) is 58.5 Å². The zero-order chi connectivity index (χ0) is 16.4. The largest absolute Gasteiger partial charge is 0.361 e. The molecular formula is C19H22N2O2. The third-order valence-electron chi connectivity index (χ3n) is 4.49. The average molecular weight is 310 g/mol. The molecule has 4 heteroatoms. The number of carbonyl (C=O) groups excluding carboxylic acids is 1. The summed E-state index contributed by atoms with van der Waals surface area (Å²) in [4.78, 5) is 14.4. The quantitative estimate of drug-likeness (QED) is 0.872. The van der Waals surface area contributed by atoms with Crippen LogP contribution in [0.5, 0.6) is 0 Å². The van der Waals surface area contributed by atoms with Crippen molar-refractivity contribution in [2.45, 2.75) is 33.6 Å². The first-order valence-corrected chi connectivity index (χ1v) is 8.00. The molecule has 3 rings (SSSR count). The van der Waals surface area contributed by atoms with E-state index in [1.54, 1.807) is 0 Å². The maximum Gasteiger partial charge on any atom is 0.227 e. The van der Waals surface area contributed by atoms with Crippen molar-refractivity contribution in [1.29, 1.82) is 0 Å². The van der Waals surface area contributed by atoms with Crippen LogP contribution in [0.25, 0.3) is 5.57 Å². The Morgan fingerprint density at radius 1 is 1.22 bits per heavy atom. The third-order valence-corrected chi connectivity index (χ3v) is 4.49. The zero-order valence-electron chi connectivity index (χ0n) is 13.9. The fourth-order valence-electron chi connectivity index (χ4n) is 2.94. The summed E-state index contributed by atoms with van der Waals surface area (Å²) in [5, 5.41) is 3.92. The molecule has 0 bridgehead atoms. The standard InChI is InChI=1S/C19H22N2O2/c1-13-4-6-16(7-5-13)17-8-10-21(11-9-17)19(22)12-18-14(2)20-23-15(18)3/h4-8H,9-12H2,1-3H3. The van der Waals surface area contributed by atoms with Gasteiger partial charge in [-0.3, -0.25) is 4.79 Å². The molecule has 0 saturated carbocycles. The number of amides is 1. The smallest absolute Gasteiger partial charge is 0.227 e. The average Bonchev–Trinajstić information content (AvgIpc) is 2.87. The highest BCUT2D eigenvalue weighted by Crippen LogP contribution is 2.23. The normalized spacial score (nSPS) is 14.7. The van der Waals surface area contributed by atoms with E-state index in [0.717, 1.165) is 30.0 Å². The fraction of sp³-hybridized carbons (Fsp3) is 0.368. The lowest BCUT2D eigenvalue weighted by Gasteiger charge is -2.27. The summed E-state index contributed by atoms with van der Waals surface area (Å²) < 4.78 is 5.14. The van der Waals surface area contributed by atoms with Gasteiger partial charge in [0.15, 0.2) is 0 Å². The number of benzene rings is 1. The summed E-state index contributed by atoms with van der Waals surface area (Å²) in [7, 11) is 0. The van der Waals surface area contributed by atoms with Crippen LogP contribution in [0.3, 0.4) is 0 Å². The van der Waals surface area contributed by atoms with Gasteiger partial charge in [0.25, 0.3) is 0 Å². The van der Waals surface area contributed by atoms with Gasteiger partial charge in [-0.25, -0.2) is 0 Å². The minimum atomic E-state index is 0.138. The molecule has 2 heterocycles. The van der Waals surface area contributed by atoms with Crippen molar-refractivity contribution in [2.24, 2.45) is 0 Å². The SMILES string of the molecule is Cc1ccc(C2=CCN(C(=O)Cc3c(C)noc3C)CC2)cc1. The van der Waals surface area contributed by atoms with Gasteiger partial charge in [-0.05, 0) is 38.3 Å². The van der Waals surface area contributed by atoms with E-state index in [1.165, 1.54) is 16.7 Å². The van der Waals surface area contributed by atoms with Crippen LogP contribution in [0.2, 0.25) is 0 Å². The third kappa shape index (κ3) is 3.36. The van der Waals surface area contributed by atoms with E-state index in [4.69, 9.17) is 4.52 Å². The molecule has 0 radical (unpaired) electrons. The van der Waals surface area contributed by atoms with E-state index in [0.29, 0.717) is 13.0 Å². The highest BCUT2D eigenvalue weighted by atomic mass is 16.5. The summed E-state index contributed by atoms with van der Waals surface area (Å²) >= 11 is 0. The number of nitrogens with zero attached hydrogens (tertiary/aromatic N) is 2. The second-order valence-corrected chi connectivity index (χ2v) is 6.16. The zero-order valence-corrected chi connectivity index (χ0v) is 13.9. The molecule has 23 heavy (non-hydrogen) atoms. The van der Waals surface area contributed by atoms with Crippen LogP contribution in [0.15, 0.2) is 34.9 Å². The topological polar surface area (TPSA) is 46.3 Å².